The lowest BCUT2D eigenvalue weighted by Crippen LogP contribution is -2.29. The third-order valence-corrected chi connectivity index (χ3v) is 3.13. The fourth-order valence-corrected chi connectivity index (χ4v) is 2.24. The predicted molar refractivity (Wildman–Crippen MR) is 60.8 cm³/mol. The SMILES string of the molecule is CCC1CCCN1c1ccc(CO)cn1. The van der Waals surface area contributed by atoms with Gasteiger partial charge < -0.3 is 10.0 Å². The van der Waals surface area contributed by atoms with Crippen LogP contribution in [-0.2, 0) is 6.61 Å². The highest BCUT2D eigenvalue weighted by atomic mass is 16.3. The van der Waals surface area contributed by atoms with E-state index in [9.17, 15) is 0 Å². The lowest BCUT2D eigenvalue weighted by atomic mass is 10.2. The van der Waals surface area contributed by atoms with Crippen LogP contribution in [0.2, 0.25) is 0 Å². The highest BCUT2D eigenvalue weighted by molar-refractivity contribution is 5.41. The number of hydrogen-bond acceptors (Lipinski definition) is 3. The minimum absolute atomic E-state index is 0.0739. The Morgan fingerprint density at radius 3 is 3.00 bits per heavy atom. The van der Waals surface area contributed by atoms with Gasteiger partial charge in [0.25, 0.3) is 0 Å². The van der Waals surface area contributed by atoms with E-state index in [4.69, 9.17) is 5.11 Å². The quantitative estimate of drug-likeness (QED) is 0.821. The molecular weight excluding hydrogens is 188 g/mol. The standard InChI is InChI=1S/C12H18N2O/c1-2-11-4-3-7-14(11)12-6-5-10(9-15)8-13-12/h5-6,8,11,15H,2-4,7,9H2,1H3. The average molecular weight is 206 g/mol. The molecule has 1 aromatic rings. The Bertz CT molecular complexity index is 310. The monoisotopic (exact) mass is 206 g/mol. The van der Waals surface area contributed by atoms with Crippen LogP contribution in [0, 0.1) is 0 Å². The second kappa shape index (κ2) is 4.62. The Kier molecular flexibility index (Phi) is 3.21. The lowest BCUT2D eigenvalue weighted by Gasteiger charge is -2.24. The van der Waals surface area contributed by atoms with Gasteiger partial charge in [0, 0.05) is 18.8 Å². The number of rotatable bonds is 3. The van der Waals surface area contributed by atoms with E-state index in [2.05, 4.69) is 16.8 Å². The molecule has 3 heteroatoms. The van der Waals surface area contributed by atoms with Crippen LogP contribution in [0.4, 0.5) is 5.82 Å². The number of aliphatic hydroxyl groups is 1. The van der Waals surface area contributed by atoms with Crippen LogP contribution in [0.3, 0.4) is 0 Å². The van der Waals surface area contributed by atoms with Gasteiger partial charge in [0.2, 0.25) is 0 Å². The van der Waals surface area contributed by atoms with Crippen LogP contribution < -0.4 is 4.90 Å². The summed E-state index contributed by atoms with van der Waals surface area (Å²) in [5.41, 5.74) is 0.881. The van der Waals surface area contributed by atoms with Crippen LogP contribution in [0.25, 0.3) is 0 Å². The summed E-state index contributed by atoms with van der Waals surface area (Å²) in [5, 5.41) is 8.94. The molecule has 1 saturated heterocycles. The maximum atomic E-state index is 8.94. The van der Waals surface area contributed by atoms with Gasteiger partial charge in [0.15, 0.2) is 0 Å². The van der Waals surface area contributed by atoms with Crippen molar-refractivity contribution in [3.8, 4) is 0 Å². The van der Waals surface area contributed by atoms with E-state index in [1.54, 1.807) is 6.20 Å². The summed E-state index contributed by atoms with van der Waals surface area (Å²) in [6, 6.07) is 4.62. The predicted octanol–water partition coefficient (Wildman–Crippen LogP) is 1.95. The van der Waals surface area contributed by atoms with Gasteiger partial charge in [-0.25, -0.2) is 4.98 Å². The first-order chi connectivity index (χ1) is 7.35. The highest BCUT2D eigenvalue weighted by Gasteiger charge is 2.23. The van der Waals surface area contributed by atoms with E-state index in [-0.39, 0.29) is 6.61 Å². The molecule has 1 atom stereocenters. The van der Waals surface area contributed by atoms with Crippen molar-refractivity contribution in [1.82, 2.24) is 4.98 Å². The molecule has 15 heavy (non-hydrogen) atoms. The molecule has 0 bridgehead atoms. The Hall–Kier alpha value is -1.09. The van der Waals surface area contributed by atoms with Gasteiger partial charge >= 0.3 is 0 Å². The van der Waals surface area contributed by atoms with E-state index < -0.39 is 0 Å². The second-order valence-electron chi connectivity index (χ2n) is 4.08. The van der Waals surface area contributed by atoms with Crippen LogP contribution in [0.15, 0.2) is 18.3 Å². The van der Waals surface area contributed by atoms with Crippen molar-refractivity contribution in [2.75, 3.05) is 11.4 Å². The number of hydrogen-bond donors (Lipinski definition) is 1. The first-order valence-corrected chi connectivity index (χ1v) is 5.67. The van der Waals surface area contributed by atoms with Crippen molar-refractivity contribution in [1.29, 1.82) is 0 Å². The summed E-state index contributed by atoms with van der Waals surface area (Å²) in [5.74, 6) is 1.05. The molecule has 1 aliphatic rings. The third-order valence-electron chi connectivity index (χ3n) is 3.13. The summed E-state index contributed by atoms with van der Waals surface area (Å²) in [7, 11) is 0. The first kappa shape index (κ1) is 10.4. The van der Waals surface area contributed by atoms with Gasteiger partial charge in [-0.3, -0.25) is 0 Å². The Morgan fingerprint density at radius 1 is 1.53 bits per heavy atom. The average Bonchev–Trinajstić information content (AvgIpc) is 2.77. The highest BCUT2D eigenvalue weighted by Crippen LogP contribution is 2.25. The second-order valence-corrected chi connectivity index (χ2v) is 4.08. The van der Waals surface area contributed by atoms with Crippen molar-refractivity contribution in [2.45, 2.75) is 38.8 Å². The van der Waals surface area contributed by atoms with Crippen LogP contribution >= 0.6 is 0 Å². The largest absolute Gasteiger partial charge is 0.392 e. The normalized spacial score (nSPS) is 20.9. The fourth-order valence-electron chi connectivity index (χ4n) is 2.24. The number of aromatic nitrogens is 1. The maximum absolute atomic E-state index is 8.94. The number of pyridine rings is 1. The summed E-state index contributed by atoms with van der Waals surface area (Å²) < 4.78 is 0. The van der Waals surface area contributed by atoms with Crippen LogP contribution in [-0.4, -0.2) is 22.7 Å². The van der Waals surface area contributed by atoms with E-state index in [0.717, 1.165) is 17.9 Å². The zero-order chi connectivity index (χ0) is 10.7. The van der Waals surface area contributed by atoms with E-state index >= 15 is 0 Å². The Morgan fingerprint density at radius 2 is 2.40 bits per heavy atom. The first-order valence-electron chi connectivity index (χ1n) is 5.67. The molecule has 0 aromatic carbocycles. The van der Waals surface area contributed by atoms with Crippen LogP contribution in [0.5, 0.6) is 0 Å². The summed E-state index contributed by atoms with van der Waals surface area (Å²) in [4.78, 5) is 6.77. The van der Waals surface area contributed by atoms with Crippen molar-refractivity contribution < 1.29 is 5.11 Å². The molecule has 0 radical (unpaired) electrons. The van der Waals surface area contributed by atoms with Crippen molar-refractivity contribution in [3.05, 3.63) is 23.9 Å². The number of nitrogens with zero attached hydrogens (tertiary/aromatic N) is 2. The molecule has 1 aliphatic heterocycles. The van der Waals surface area contributed by atoms with E-state index in [0.29, 0.717) is 6.04 Å². The molecule has 82 valence electrons. The molecule has 0 saturated carbocycles. The van der Waals surface area contributed by atoms with Gasteiger partial charge in [-0.05, 0) is 30.9 Å². The molecule has 2 heterocycles. The maximum Gasteiger partial charge on any atom is 0.128 e. The molecule has 1 fully saturated rings. The van der Waals surface area contributed by atoms with E-state index in [1.807, 2.05) is 12.1 Å². The molecule has 0 amide bonds. The smallest absolute Gasteiger partial charge is 0.128 e. The summed E-state index contributed by atoms with van der Waals surface area (Å²) in [6.07, 6.45) is 5.49. The molecular formula is C12H18N2O. The number of aliphatic hydroxyl groups excluding tert-OH is 1. The molecule has 0 aliphatic carbocycles. The van der Waals surface area contributed by atoms with Crippen molar-refractivity contribution >= 4 is 5.82 Å². The van der Waals surface area contributed by atoms with Gasteiger partial charge in [0.05, 0.1) is 6.61 Å². The molecule has 0 spiro atoms. The topological polar surface area (TPSA) is 36.4 Å². The third kappa shape index (κ3) is 2.12. The zero-order valence-corrected chi connectivity index (χ0v) is 9.19. The fraction of sp³-hybridized carbons (Fsp3) is 0.583. The molecule has 1 aromatic heterocycles. The van der Waals surface area contributed by atoms with Gasteiger partial charge in [-0.2, -0.15) is 0 Å². The zero-order valence-electron chi connectivity index (χ0n) is 9.19. The van der Waals surface area contributed by atoms with Crippen molar-refractivity contribution in [3.63, 3.8) is 0 Å². The Balaban J connectivity index is 2.14. The van der Waals surface area contributed by atoms with Crippen LogP contribution in [0.1, 0.15) is 31.7 Å². The van der Waals surface area contributed by atoms with Crippen molar-refractivity contribution in [2.24, 2.45) is 0 Å². The van der Waals surface area contributed by atoms with Gasteiger partial charge in [-0.1, -0.05) is 13.0 Å². The summed E-state index contributed by atoms with van der Waals surface area (Å²) >= 11 is 0. The van der Waals surface area contributed by atoms with Gasteiger partial charge in [-0.15, -0.1) is 0 Å². The Labute approximate surface area is 90.8 Å². The lowest BCUT2D eigenvalue weighted by molar-refractivity contribution is 0.281. The van der Waals surface area contributed by atoms with E-state index in [1.165, 1.54) is 19.3 Å². The number of anilines is 1. The summed E-state index contributed by atoms with van der Waals surface area (Å²) in [6.45, 7) is 3.42. The molecule has 2 rings (SSSR count). The minimum atomic E-state index is 0.0739. The molecule has 1 N–H and O–H groups in total. The minimum Gasteiger partial charge on any atom is -0.392 e. The molecule has 3 nitrogen and oxygen atoms in total. The molecule has 1 unspecified atom stereocenters. The van der Waals surface area contributed by atoms with Gasteiger partial charge in [0.1, 0.15) is 5.82 Å².